The van der Waals surface area contributed by atoms with Crippen LogP contribution in [0.2, 0.25) is 5.02 Å². The minimum absolute atomic E-state index is 0.0153. The van der Waals surface area contributed by atoms with Gasteiger partial charge in [-0.3, -0.25) is 4.98 Å². The maximum Gasteiger partial charge on any atom is 0.416 e. The zero-order valence-corrected chi connectivity index (χ0v) is 20.7. The number of anilines is 1. The molecule has 0 radical (unpaired) electrons. The lowest BCUT2D eigenvalue weighted by Crippen LogP contribution is -2.40. The van der Waals surface area contributed by atoms with Crippen LogP contribution in [0.1, 0.15) is 22.4 Å². The topological polar surface area (TPSA) is 62.8 Å². The van der Waals surface area contributed by atoms with Crippen molar-refractivity contribution in [2.45, 2.75) is 18.1 Å². The molecule has 3 aromatic carbocycles. The molecular formula is C28H21ClF4N4O. The molecular weight excluding hydrogens is 520 g/mol. The average molecular weight is 541 g/mol. The predicted octanol–water partition coefficient (Wildman–Crippen LogP) is 7.38. The van der Waals surface area contributed by atoms with Crippen LogP contribution in [-0.4, -0.2) is 22.1 Å². The first-order valence-corrected chi connectivity index (χ1v) is 11.9. The van der Waals surface area contributed by atoms with Gasteiger partial charge in [0.2, 0.25) is 5.95 Å². The summed E-state index contributed by atoms with van der Waals surface area (Å²) in [7, 11) is 1.54. The largest absolute Gasteiger partial charge is 0.497 e. The molecule has 5 nitrogen and oxygen atoms in total. The Morgan fingerprint density at radius 2 is 1.71 bits per heavy atom. The van der Waals surface area contributed by atoms with Crippen molar-refractivity contribution >= 4 is 28.6 Å². The van der Waals surface area contributed by atoms with Crippen molar-refractivity contribution in [3.8, 4) is 5.75 Å². The van der Waals surface area contributed by atoms with Crippen molar-refractivity contribution in [3.63, 3.8) is 0 Å². The van der Waals surface area contributed by atoms with Gasteiger partial charge in [-0.25, -0.2) is 9.37 Å². The fourth-order valence-electron chi connectivity index (χ4n) is 4.43. The third-order valence-electron chi connectivity index (χ3n) is 6.22. The molecule has 5 rings (SSSR count). The lowest BCUT2D eigenvalue weighted by atomic mass is 9.80. The summed E-state index contributed by atoms with van der Waals surface area (Å²) in [6, 6.07) is 20.0. The second kappa shape index (κ2) is 9.98. The molecule has 0 spiro atoms. The predicted molar refractivity (Wildman–Crippen MR) is 138 cm³/mol. The van der Waals surface area contributed by atoms with Crippen molar-refractivity contribution in [2.24, 2.45) is 0 Å². The molecule has 0 amide bonds. The number of pyridine rings is 1. The van der Waals surface area contributed by atoms with E-state index >= 15 is 0 Å². The zero-order valence-electron chi connectivity index (χ0n) is 20.0. The molecule has 38 heavy (non-hydrogen) atoms. The number of ether oxygens (including phenoxy) is 1. The van der Waals surface area contributed by atoms with Crippen LogP contribution in [0.15, 0.2) is 85.1 Å². The lowest BCUT2D eigenvalue weighted by Gasteiger charge is -2.35. The summed E-state index contributed by atoms with van der Waals surface area (Å²) in [5.74, 6) is -0.182. The Morgan fingerprint density at radius 3 is 2.39 bits per heavy atom. The number of fused-ring (bicyclic) bond motifs is 1. The minimum atomic E-state index is -4.77. The first-order chi connectivity index (χ1) is 18.2. The van der Waals surface area contributed by atoms with Crippen molar-refractivity contribution < 1.29 is 22.3 Å². The first-order valence-electron chi connectivity index (χ1n) is 11.5. The van der Waals surface area contributed by atoms with Gasteiger partial charge in [0.15, 0.2) is 0 Å². The summed E-state index contributed by atoms with van der Waals surface area (Å²) in [6.07, 6.45) is -3.26. The van der Waals surface area contributed by atoms with Crippen LogP contribution >= 0.6 is 11.6 Å². The number of rotatable bonds is 7. The molecule has 0 aliphatic carbocycles. The van der Waals surface area contributed by atoms with E-state index in [4.69, 9.17) is 16.3 Å². The van der Waals surface area contributed by atoms with Crippen molar-refractivity contribution in [2.75, 3.05) is 12.4 Å². The number of aromatic nitrogens is 3. The van der Waals surface area contributed by atoms with Gasteiger partial charge >= 0.3 is 6.18 Å². The number of hydrogen-bond donors (Lipinski definition) is 2. The van der Waals surface area contributed by atoms with Gasteiger partial charge in [-0.15, -0.1) is 0 Å². The van der Waals surface area contributed by atoms with Gasteiger partial charge in [-0.2, -0.15) is 13.2 Å². The van der Waals surface area contributed by atoms with Crippen LogP contribution in [0.5, 0.6) is 5.75 Å². The summed E-state index contributed by atoms with van der Waals surface area (Å²) in [6.45, 7) is 0. The monoisotopic (exact) mass is 540 g/mol. The van der Waals surface area contributed by atoms with Crippen LogP contribution < -0.4 is 10.1 Å². The molecule has 2 aromatic heterocycles. The van der Waals surface area contributed by atoms with Crippen molar-refractivity contribution in [3.05, 3.63) is 118 Å². The van der Waals surface area contributed by atoms with Gasteiger partial charge in [0.1, 0.15) is 17.1 Å². The summed E-state index contributed by atoms with van der Waals surface area (Å²) < 4.78 is 61.5. The highest BCUT2D eigenvalue weighted by Gasteiger charge is 2.40. The maximum absolute atomic E-state index is 14.8. The number of nitrogens with one attached hydrogen (secondary N) is 2. The van der Waals surface area contributed by atoms with E-state index in [1.54, 1.807) is 30.3 Å². The van der Waals surface area contributed by atoms with Gasteiger partial charge in [-0.1, -0.05) is 41.9 Å². The molecule has 5 aromatic rings. The summed E-state index contributed by atoms with van der Waals surface area (Å²) in [4.78, 5) is 12.2. The third kappa shape index (κ3) is 5.15. The first kappa shape index (κ1) is 25.5. The van der Waals surface area contributed by atoms with Crippen LogP contribution in [0.25, 0.3) is 11.0 Å². The van der Waals surface area contributed by atoms with E-state index in [1.807, 2.05) is 30.3 Å². The van der Waals surface area contributed by atoms with E-state index in [-0.39, 0.29) is 17.9 Å². The smallest absolute Gasteiger partial charge is 0.416 e. The minimum Gasteiger partial charge on any atom is -0.497 e. The van der Waals surface area contributed by atoms with Crippen LogP contribution in [0.3, 0.4) is 0 Å². The summed E-state index contributed by atoms with van der Waals surface area (Å²) >= 11 is 6.10. The number of hydrogen-bond acceptors (Lipinski definition) is 4. The number of H-pyrrole nitrogens is 1. The lowest BCUT2D eigenvalue weighted by molar-refractivity contribution is -0.137. The van der Waals surface area contributed by atoms with E-state index in [9.17, 15) is 17.6 Å². The number of halogens is 5. The van der Waals surface area contributed by atoms with E-state index in [1.165, 1.54) is 13.3 Å². The number of benzene rings is 3. The SMILES string of the molecule is COc1ccc2nc(N[C@](Cc3ccccc3)(c3cc(F)cc(C(F)(F)F)c3)c3ccc(Cl)cn3)[nH]c2c1. The fourth-order valence-corrected chi connectivity index (χ4v) is 4.54. The Balaban J connectivity index is 1.76. The number of aromatic amines is 1. The summed E-state index contributed by atoms with van der Waals surface area (Å²) in [5, 5.41) is 3.62. The molecule has 0 aliphatic rings. The van der Waals surface area contributed by atoms with E-state index in [2.05, 4.69) is 20.3 Å². The standard InChI is InChI=1S/C28H21ClF4N4O/c1-38-22-8-9-23-24(14-22)36-26(35-23)37-27(15-17-5-3-2-4-6-17,25-10-7-20(29)16-34-25)18-11-19(28(31,32)33)13-21(30)12-18/h2-14,16H,15H2,1H3,(H2,35,36,37)/t27-/m1/s1. The average Bonchev–Trinajstić information content (AvgIpc) is 3.29. The zero-order chi connectivity index (χ0) is 26.9. The molecule has 10 heteroatoms. The second-order valence-electron chi connectivity index (χ2n) is 8.75. The highest BCUT2D eigenvalue weighted by molar-refractivity contribution is 6.30. The highest BCUT2D eigenvalue weighted by Crippen LogP contribution is 2.40. The third-order valence-corrected chi connectivity index (χ3v) is 6.44. The van der Waals surface area contributed by atoms with Gasteiger partial charge in [0, 0.05) is 18.7 Å². The second-order valence-corrected chi connectivity index (χ2v) is 9.19. The van der Waals surface area contributed by atoms with Crippen LogP contribution in [0, 0.1) is 5.82 Å². The molecule has 2 N–H and O–H groups in total. The Morgan fingerprint density at radius 1 is 0.947 bits per heavy atom. The number of imidazole rings is 1. The Hall–Kier alpha value is -4.11. The molecule has 0 saturated carbocycles. The molecule has 0 saturated heterocycles. The van der Waals surface area contributed by atoms with Gasteiger partial charge in [0.25, 0.3) is 0 Å². The normalized spacial score (nSPS) is 13.3. The Kier molecular flexibility index (Phi) is 6.71. The molecule has 2 heterocycles. The van der Waals surface area contributed by atoms with Crippen LogP contribution in [-0.2, 0) is 18.1 Å². The molecule has 1 atom stereocenters. The van der Waals surface area contributed by atoms with Gasteiger partial charge in [0.05, 0.1) is 34.4 Å². The van der Waals surface area contributed by atoms with E-state index in [0.29, 0.717) is 33.6 Å². The quantitative estimate of drug-likeness (QED) is 0.211. The Bertz CT molecular complexity index is 1570. The van der Waals surface area contributed by atoms with Gasteiger partial charge < -0.3 is 15.0 Å². The molecule has 0 aliphatic heterocycles. The fraction of sp³-hybridized carbons (Fsp3) is 0.143. The van der Waals surface area contributed by atoms with Crippen molar-refractivity contribution in [1.82, 2.24) is 15.0 Å². The van der Waals surface area contributed by atoms with Crippen LogP contribution in [0.4, 0.5) is 23.5 Å². The molecule has 194 valence electrons. The van der Waals surface area contributed by atoms with Crippen molar-refractivity contribution in [1.29, 1.82) is 0 Å². The van der Waals surface area contributed by atoms with E-state index < -0.39 is 23.1 Å². The van der Waals surface area contributed by atoms with Gasteiger partial charge in [-0.05, 0) is 53.6 Å². The molecule has 0 bridgehead atoms. The molecule has 0 fully saturated rings. The maximum atomic E-state index is 14.8. The summed E-state index contributed by atoms with van der Waals surface area (Å²) in [5.41, 5.74) is -0.251. The Labute approximate surface area is 220 Å². The highest BCUT2D eigenvalue weighted by atomic mass is 35.5. The number of nitrogens with zero attached hydrogens (tertiary/aromatic N) is 2. The molecule has 0 unspecified atom stereocenters. The number of alkyl halides is 3. The number of methoxy groups -OCH3 is 1. The van der Waals surface area contributed by atoms with E-state index in [0.717, 1.165) is 17.7 Å².